The summed E-state index contributed by atoms with van der Waals surface area (Å²) in [4.78, 5) is 0. The fourth-order valence-electron chi connectivity index (χ4n) is 2.65. The van der Waals surface area contributed by atoms with Gasteiger partial charge in [0.25, 0.3) is 0 Å². The van der Waals surface area contributed by atoms with Crippen LogP contribution in [0.3, 0.4) is 0 Å². The molecule has 3 atom stereocenters. The van der Waals surface area contributed by atoms with Gasteiger partial charge in [0, 0.05) is 0 Å². The summed E-state index contributed by atoms with van der Waals surface area (Å²) in [5.41, 5.74) is -1.53. The van der Waals surface area contributed by atoms with Crippen LogP contribution in [0.15, 0.2) is 12.7 Å². The molecule has 0 saturated heterocycles. The Morgan fingerprint density at radius 2 is 2.06 bits per heavy atom. The minimum atomic E-state index is -1.02. The number of nitriles is 1. The largest absolute Gasteiger partial charge is 0.384 e. The molecule has 2 nitrogen and oxygen atoms in total. The maximum atomic E-state index is 10.4. The first kappa shape index (κ1) is 13.3. The van der Waals surface area contributed by atoms with E-state index < -0.39 is 11.0 Å². The van der Waals surface area contributed by atoms with Crippen molar-refractivity contribution in [2.24, 2.45) is 16.7 Å². The van der Waals surface area contributed by atoms with Crippen molar-refractivity contribution in [3.63, 3.8) is 0 Å². The van der Waals surface area contributed by atoms with Crippen molar-refractivity contribution in [2.45, 2.75) is 52.6 Å². The van der Waals surface area contributed by atoms with Crippen molar-refractivity contribution in [3.05, 3.63) is 12.7 Å². The van der Waals surface area contributed by atoms with Gasteiger partial charge in [0.05, 0.1) is 11.5 Å². The van der Waals surface area contributed by atoms with Crippen LogP contribution in [0.25, 0.3) is 0 Å². The van der Waals surface area contributed by atoms with Crippen molar-refractivity contribution >= 4 is 0 Å². The highest BCUT2D eigenvalue weighted by Gasteiger charge is 2.51. The van der Waals surface area contributed by atoms with Gasteiger partial charge in [-0.15, -0.1) is 6.58 Å². The average molecular weight is 221 g/mol. The number of hydrogen-bond donors (Lipinski definition) is 1. The van der Waals surface area contributed by atoms with E-state index in [0.717, 1.165) is 12.8 Å². The molecule has 1 fully saturated rings. The van der Waals surface area contributed by atoms with E-state index in [0.29, 0.717) is 12.3 Å². The molecule has 1 aliphatic rings. The highest BCUT2D eigenvalue weighted by atomic mass is 16.3. The Morgan fingerprint density at radius 1 is 1.50 bits per heavy atom. The van der Waals surface area contributed by atoms with E-state index in [4.69, 9.17) is 0 Å². The predicted molar refractivity (Wildman–Crippen MR) is 65.7 cm³/mol. The summed E-state index contributed by atoms with van der Waals surface area (Å²) < 4.78 is 0. The van der Waals surface area contributed by atoms with Gasteiger partial charge in [-0.05, 0) is 37.5 Å². The second-order valence-corrected chi connectivity index (χ2v) is 6.38. The van der Waals surface area contributed by atoms with Crippen molar-refractivity contribution in [2.75, 3.05) is 0 Å². The normalized spacial score (nSPS) is 40.1. The van der Waals surface area contributed by atoms with E-state index in [9.17, 15) is 10.4 Å². The quantitative estimate of drug-likeness (QED) is 0.690. The molecule has 0 unspecified atom stereocenters. The van der Waals surface area contributed by atoms with Gasteiger partial charge in [0.1, 0.15) is 5.60 Å². The number of rotatable bonds is 1. The van der Waals surface area contributed by atoms with Gasteiger partial charge in [-0.3, -0.25) is 0 Å². The van der Waals surface area contributed by atoms with Crippen LogP contribution in [0.2, 0.25) is 0 Å². The van der Waals surface area contributed by atoms with E-state index in [1.165, 1.54) is 0 Å². The molecule has 0 aromatic heterocycles. The van der Waals surface area contributed by atoms with Gasteiger partial charge in [0.15, 0.2) is 0 Å². The first-order valence-corrected chi connectivity index (χ1v) is 5.96. The molecule has 2 heteroatoms. The van der Waals surface area contributed by atoms with Crippen molar-refractivity contribution in [3.8, 4) is 6.07 Å². The first-order valence-electron chi connectivity index (χ1n) is 5.96. The molecule has 0 heterocycles. The summed E-state index contributed by atoms with van der Waals surface area (Å²) in [6.07, 6.45) is 3.90. The second-order valence-electron chi connectivity index (χ2n) is 6.38. The zero-order valence-electron chi connectivity index (χ0n) is 10.9. The molecule has 1 saturated carbocycles. The standard InChI is InChI=1S/C14H23NO/c1-6-14(16)8-7-11(12(2,3)4)9-13(14,5)10-15/h6,11,16H,1,7-9H2,2-5H3/t11-,13+,14-/m0/s1. The fraction of sp³-hybridized carbons (Fsp3) is 0.786. The highest BCUT2D eigenvalue weighted by Crippen LogP contribution is 2.51. The highest BCUT2D eigenvalue weighted by molar-refractivity contribution is 5.19. The molecule has 0 amide bonds. The molecule has 0 aromatic carbocycles. The Balaban J connectivity index is 3.01. The number of nitrogens with zero attached hydrogens (tertiary/aromatic N) is 1. The van der Waals surface area contributed by atoms with E-state index in [-0.39, 0.29) is 5.41 Å². The molecule has 0 spiro atoms. The van der Waals surface area contributed by atoms with Gasteiger partial charge >= 0.3 is 0 Å². The fourth-order valence-corrected chi connectivity index (χ4v) is 2.65. The number of aliphatic hydroxyl groups is 1. The molecule has 0 aromatic rings. The van der Waals surface area contributed by atoms with Crippen LogP contribution >= 0.6 is 0 Å². The van der Waals surface area contributed by atoms with Gasteiger partial charge < -0.3 is 5.11 Å². The zero-order chi connectivity index (χ0) is 12.6. The van der Waals surface area contributed by atoms with Crippen molar-refractivity contribution in [1.29, 1.82) is 5.26 Å². The first-order chi connectivity index (χ1) is 7.18. The molecule has 1 aliphatic carbocycles. The maximum Gasteiger partial charge on any atom is 0.101 e. The summed E-state index contributed by atoms with van der Waals surface area (Å²) >= 11 is 0. The SMILES string of the molecule is C=C[C@]1(O)CC[C@H](C(C)(C)C)C[C@]1(C)C#N. The monoisotopic (exact) mass is 221 g/mol. The molecule has 90 valence electrons. The molecule has 0 radical (unpaired) electrons. The third kappa shape index (κ3) is 2.01. The number of hydrogen-bond acceptors (Lipinski definition) is 2. The molecule has 16 heavy (non-hydrogen) atoms. The Bertz CT molecular complexity index is 323. The smallest absolute Gasteiger partial charge is 0.101 e. The van der Waals surface area contributed by atoms with Crippen LogP contribution < -0.4 is 0 Å². The summed E-state index contributed by atoms with van der Waals surface area (Å²) in [6.45, 7) is 12.1. The van der Waals surface area contributed by atoms with Gasteiger partial charge in [0.2, 0.25) is 0 Å². The minimum absolute atomic E-state index is 0.195. The third-order valence-electron chi connectivity index (χ3n) is 4.29. The van der Waals surface area contributed by atoms with Crippen LogP contribution in [-0.4, -0.2) is 10.7 Å². The van der Waals surface area contributed by atoms with Gasteiger partial charge in [-0.2, -0.15) is 5.26 Å². The zero-order valence-corrected chi connectivity index (χ0v) is 10.9. The van der Waals surface area contributed by atoms with Crippen LogP contribution in [0.5, 0.6) is 0 Å². The summed E-state index contributed by atoms with van der Waals surface area (Å²) in [6, 6.07) is 2.30. The lowest BCUT2D eigenvalue weighted by Crippen LogP contribution is -2.50. The summed E-state index contributed by atoms with van der Waals surface area (Å²) in [7, 11) is 0. The third-order valence-corrected chi connectivity index (χ3v) is 4.29. The van der Waals surface area contributed by atoms with E-state index >= 15 is 0 Å². The van der Waals surface area contributed by atoms with Crippen LogP contribution in [0.1, 0.15) is 47.0 Å². The second kappa shape index (κ2) is 3.89. The lowest BCUT2D eigenvalue weighted by molar-refractivity contribution is -0.0676. The maximum absolute atomic E-state index is 10.4. The summed E-state index contributed by atoms with van der Waals surface area (Å²) in [5, 5.41) is 19.8. The van der Waals surface area contributed by atoms with Gasteiger partial charge in [-0.25, -0.2) is 0 Å². The van der Waals surface area contributed by atoms with Crippen LogP contribution in [0.4, 0.5) is 0 Å². The molecule has 1 rings (SSSR count). The van der Waals surface area contributed by atoms with E-state index in [1.54, 1.807) is 6.08 Å². The molecule has 0 bridgehead atoms. The lowest BCUT2D eigenvalue weighted by atomic mass is 9.57. The Morgan fingerprint density at radius 3 is 2.44 bits per heavy atom. The van der Waals surface area contributed by atoms with Gasteiger partial charge in [-0.1, -0.05) is 26.8 Å². The Hall–Kier alpha value is -0.810. The van der Waals surface area contributed by atoms with Crippen molar-refractivity contribution in [1.82, 2.24) is 0 Å². The van der Waals surface area contributed by atoms with E-state index in [2.05, 4.69) is 33.4 Å². The van der Waals surface area contributed by atoms with Crippen LogP contribution in [-0.2, 0) is 0 Å². The Kier molecular flexibility index (Phi) is 3.22. The Labute approximate surface area is 99.0 Å². The topological polar surface area (TPSA) is 44.0 Å². The average Bonchev–Trinajstić information content (AvgIpc) is 2.20. The molecular formula is C14H23NO. The molecule has 1 N–H and O–H groups in total. The predicted octanol–water partition coefficient (Wildman–Crippen LogP) is 3.28. The molecule has 0 aliphatic heterocycles. The van der Waals surface area contributed by atoms with E-state index in [1.807, 2.05) is 6.92 Å². The molecular weight excluding hydrogens is 198 g/mol. The minimum Gasteiger partial charge on any atom is -0.384 e. The lowest BCUT2D eigenvalue weighted by Gasteiger charge is -2.48. The van der Waals surface area contributed by atoms with Crippen molar-refractivity contribution < 1.29 is 5.11 Å². The summed E-state index contributed by atoms with van der Waals surface area (Å²) in [5.74, 6) is 0.484. The van der Waals surface area contributed by atoms with Crippen LogP contribution in [0, 0.1) is 28.1 Å².